The summed E-state index contributed by atoms with van der Waals surface area (Å²) in [6.45, 7) is 1.64. The Balaban J connectivity index is 2.56. The molecule has 1 unspecified atom stereocenters. The number of thioether (sulfide) groups is 1. The highest BCUT2D eigenvalue weighted by Gasteiger charge is 2.10. The zero-order valence-corrected chi connectivity index (χ0v) is 9.66. The van der Waals surface area contributed by atoms with Crippen molar-refractivity contribution >= 4 is 23.6 Å². The molecular formula is C11H13NO3S. The first-order chi connectivity index (χ1) is 7.50. The molecule has 0 radical (unpaired) electrons. The average Bonchev–Trinajstić information content (AvgIpc) is 2.26. The second-order valence-electron chi connectivity index (χ2n) is 3.35. The highest BCUT2D eigenvalue weighted by molar-refractivity contribution is 7.99. The van der Waals surface area contributed by atoms with E-state index in [2.05, 4.69) is 0 Å². The van der Waals surface area contributed by atoms with Gasteiger partial charge in [0.05, 0.1) is 5.25 Å². The summed E-state index contributed by atoms with van der Waals surface area (Å²) in [4.78, 5) is 21.4. The van der Waals surface area contributed by atoms with Gasteiger partial charge in [-0.25, -0.2) is 0 Å². The molecule has 5 heteroatoms. The molecule has 16 heavy (non-hydrogen) atoms. The fourth-order valence-electron chi connectivity index (χ4n) is 1.06. The van der Waals surface area contributed by atoms with Crippen LogP contribution in [0.15, 0.2) is 24.3 Å². The Morgan fingerprint density at radius 1 is 1.38 bits per heavy atom. The van der Waals surface area contributed by atoms with E-state index in [9.17, 15) is 9.59 Å². The highest BCUT2D eigenvalue weighted by atomic mass is 32.2. The van der Waals surface area contributed by atoms with Crippen LogP contribution in [-0.2, 0) is 10.5 Å². The molecule has 0 aliphatic carbocycles. The summed E-state index contributed by atoms with van der Waals surface area (Å²) < 4.78 is 0. The summed E-state index contributed by atoms with van der Waals surface area (Å²) in [6.07, 6.45) is 0. The quantitative estimate of drug-likeness (QED) is 0.815. The smallest absolute Gasteiger partial charge is 0.316 e. The Hall–Kier alpha value is -1.49. The number of carboxylic acids is 1. The van der Waals surface area contributed by atoms with Gasteiger partial charge in [-0.2, -0.15) is 0 Å². The van der Waals surface area contributed by atoms with Crippen LogP contribution in [0.2, 0.25) is 0 Å². The number of carboxylic acid groups (broad SMARTS) is 1. The number of hydrogen-bond donors (Lipinski definition) is 2. The maximum Gasteiger partial charge on any atom is 0.316 e. The van der Waals surface area contributed by atoms with Crippen molar-refractivity contribution in [1.82, 2.24) is 0 Å². The van der Waals surface area contributed by atoms with E-state index >= 15 is 0 Å². The van der Waals surface area contributed by atoms with Crippen LogP contribution in [0.5, 0.6) is 0 Å². The molecule has 0 aliphatic heterocycles. The van der Waals surface area contributed by atoms with Gasteiger partial charge in [0.15, 0.2) is 0 Å². The average molecular weight is 239 g/mol. The Bertz CT molecular complexity index is 389. The number of amides is 1. The van der Waals surface area contributed by atoms with Gasteiger partial charge in [0.25, 0.3) is 0 Å². The van der Waals surface area contributed by atoms with Gasteiger partial charge in [0.2, 0.25) is 5.91 Å². The van der Waals surface area contributed by atoms with Crippen LogP contribution in [0.25, 0.3) is 0 Å². The Labute approximate surface area is 97.8 Å². The third kappa shape index (κ3) is 3.58. The minimum atomic E-state index is -0.821. The zero-order valence-electron chi connectivity index (χ0n) is 8.84. The zero-order chi connectivity index (χ0) is 12.1. The number of primary amides is 1. The molecule has 1 aromatic rings. The SMILES string of the molecule is CC(SCc1ccc(C(N)=O)cc1)C(=O)O. The topological polar surface area (TPSA) is 80.4 Å². The number of rotatable bonds is 5. The third-order valence-corrected chi connectivity index (χ3v) is 3.29. The minimum absolute atomic E-state index is 0.434. The highest BCUT2D eigenvalue weighted by Crippen LogP contribution is 2.18. The van der Waals surface area contributed by atoms with Gasteiger partial charge in [-0.1, -0.05) is 12.1 Å². The van der Waals surface area contributed by atoms with Crippen LogP contribution < -0.4 is 5.73 Å². The summed E-state index contributed by atoms with van der Waals surface area (Å²) in [5.74, 6) is -0.677. The monoisotopic (exact) mass is 239 g/mol. The lowest BCUT2D eigenvalue weighted by Crippen LogP contribution is -2.12. The Morgan fingerprint density at radius 3 is 2.38 bits per heavy atom. The molecule has 0 aromatic heterocycles. The van der Waals surface area contributed by atoms with E-state index in [-0.39, 0.29) is 0 Å². The maximum atomic E-state index is 10.8. The normalized spacial score (nSPS) is 12.1. The van der Waals surface area contributed by atoms with Crippen LogP contribution in [0.1, 0.15) is 22.8 Å². The van der Waals surface area contributed by atoms with Crippen molar-refractivity contribution < 1.29 is 14.7 Å². The molecule has 0 saturated heterocycles. The van der Waals surface area contributed by atoms with Crippen LogP contribution in [0.4, 0.5) is 0 Å². The van der Waals surface area contributed by atoms with E-state index < -0.39 is 17.1 Å². The number of carbonyl (C=O) groups excluding carboxylic acids is 1. The molecule has 0 heterocycles. The van der Waals surface area contributed by atoms with Crippen molar-refractivity contribution in [1.29, 1.82) is 0 Å². The summed E-state index contributed by atoms with van der Waals surface area (Å²) in [5, 5.41) is 8.26. The van der Waals surface area contributed by atoms with E-state index in [1.165, 1.54) is 11.8 Å². The standard InChI is InChI=1S/C11H13NO3S/c1-7(11(14)15)16-6-8-2-4-9(5-3-8)10(12)13/h2-5,7H,6H2,1H3,(H2,12,13)(H,14,15). The maximum absolute atomic E-state index is 10.8. The van der Waals surface area contributed by atoms with Crippen LogP contribution >= 0.6 is 11.8 Å². The lowest BCUT2D eigenvalue weighted by molar-refractivity contribution is -0.136. The number of carbonyl (C=O) groups is 2. The van der Waals surface area contributed by atoms with E-state index in [4.69, 9.17) is 10.8 Å². The van der Waals surface area contributed by atoms with Gasteiger partial charge in [-0.15, -0.1) is 11.8 Å². The van der Waals surface area contributed by atoms with Crippen LogP contribution in [0, 0.1) is 0 Å². The molecule has 1 rings (SSSR count). The molecule has 0 fully saturated rings. The number of hydrogen-bond acceptors (Lipinski definition) is 3. The number of aliphatic carboxylic acids is 1. The second-order valence-corrected chi connectivity index (χ2v) is 4.68. The minimum Gasteiger partial charge on any atom is -0.480 e. The Kier molecular flexibility index (Phi) is 4.37. The van der Waals surface area contributed by atoms with Crippen LogP contribution in [-0.4, -0.2) is 22.2 Å². The summed E-state index contributed by atoms with van der Waals surface area (Å²) in [7, 11) is 0. The van der Waals surface area contributed by atoms with E-state index in [0.29, 0.717) is 11.3 Å². The van der Waals surface area contributed by atoms with Crippen molar-refractivity contribution in [2.45, 2.75) is 17.9 Å². The largest absolute Gasteiger partial charge is 0.480 e. The molecule has 1 aromatic carbocycles. The molecule has 0 saturated carbocycles. The van der Waals surface area contributed by atoms with Gasteiger partial charge < -0.3 is 10.8 Å². The van der Waals surface area contributed by atoms with E-state index in [1.807, 2.05) is 0 Å². The first-order valence-electron chi connectivity index (χ1n) is 4.74. The second kappa shape index (κ2) is 5.55. The molecule has 1 atom stereocenters. The molecule has 0 bridgehead atoms. The third-order valence-electron chi connectivity index (χ3n) is 2.09. The first kappa shape index (κ1) is 12.6. The van der Waals surface area contributed by atoms with E-state index in [0.717, 1.165) is 5.56 Å². The number of benzene rings is 1. The van der Waals surface area contributed by atoms with Gasteiger partial charge >= 0.3 is 5.97 Å². The molecular weight excluding hydrogens is 226 g/mol. The lowest BCUT2D eigenvalue weighted by atomic mass is 10.1. The lowest BCUT2D eigenvalue weighted by Gasteiger charge is -2.06. The van der Waals surface area contributed by atoms with Crippen molar-refractivity contribution in [2.24, 2.45) is 5.73 Å². The van der Waals surface area contributed by atoms with Crippen molar-refractivity contribution in [3.8, 4) is 0 Å². The first-order valence-corrected chi connectivity index (χ1v) is 5.78. The van der Waals surface area contributed by atoms with Crippen LogP contribution in [0.3, 0.4) is 0 Å². The predicted molar refractivity (Wildman–Crippen MR) is 63.4 cm³/mol. The summed E-state index contributed by atoms with van der Waals surface area (Å²) >= 11 is 1.34. The fourth-order valence-corrected chi connectivity index (χ4v) is 1.84. The van der Waals surface area contributed by atoms with Gasteiger partial charge in [-0.3, -0.25) is 9.59 Å². The molecule has 3 N–H and O–H groups in total. The molecule has 4 nitrogen and oxygen atoms in total. The molecule has 0 aliphatic rings. The Morgan fingerprint density at radius 2 is 1.94 bits per heavy atom. The fraction of sp³-hybridized carbons (Fsp3) is 0.273. The van der Waals surface area contributed by atoms with E-state index in [1.54, 1.807) is 31.2 Å². The predicted octanol–water partition coefficient (Wildman–Crippen LogP) is 1.49. The van der Waals surface area contributed by atoms with Gasteiger partial charge in [-0.05, 0) is 24.6 Å². The van der Waals surface area contributed by atoms with Crippen molar-refractivity contribution in [2.75, 3.05) is 0 Å². The summed E-state index contributed by atoms with van der Waals surface area (Å²) in [6, 6.07) is 6.84. The van der Waals surface area contributed by atoms with Crippen molar-refractivity contribution in [3.63, 3.8) is 0 Å². The molecule has 1 amide bonds. The molecule has 0 spiro atoms. The number of nitrogens with two attached hydrogens (primary N) is 1. The summed E-state index contributed by atoms with van der Waals surface area (Å²) in [5.41, 5.74) is 6.54. The van der Waals surface area contributed by atoms with Gasteiger partial charge in [0, 0.05) is 11.3 Å². The van der Waals surface area contributed by atoms with Crippen molar-refractivity contribution in [3.05, 3.63) is 35.4 Å². The molecule has 86 valence electrons. The van der Waals surface area contributed by atoms with Gasteiger partial charge in [0.1, 0.15) is 0 Å².